The maximum absolute atomic E-state index is 8.77. The molecule has 0 radical (unpaired) electrons. The van der Waals surface area contributed by atoms with E-state index >= 15 is 0 Å². The van der Waals surface area contributed by atoms with Gasteiger partial charge in [-0.25, -0.2) is 0 Å². The highest BCUT2D eigenvalue weighted by molar-refractivity contribution is 4.88. The first kappa shape index (κ1) is 9.01. The third-order valence-corrected chi connectivity index (χ3v) is 2.13. The van der Waals surface area contributed by atoms with Crippen LogP contribution in [0.3, 0.4) is 0 Å². The summed E-state index contributed by atoms with van der Waals surface area (Å²) in [5, 5.41) is 12.3. The maximum atomic E-state index is 8.77. The third kappa shape index (κ3) is 2.80. The van der Waals surface area contributed by atoms with E-state index in [1.54, 1.807) is 0 Å². The highest BCUT2D eigenvalue weighted by Crippen LogP contribution is 2.27. The molecule has 66 valence electrons. The van der Waals surface area contributed by atoms with E-state index < -0.39 is 0 Å². The number of aliphatic hydroxyl groups excluding tert-OH is 1. The molecule has 2 nitrogen and oxygen atoms in total. The minimum Gasteiger partial charge on any atom is -0.396 e. The second-order valence-corrected chi connectivity index (χ2v) is 4.61. The van der Waals surface area contributed by atoms with Gasteiger partial charge in [-0.15, -0.1) is 0 Å². The summed E-state index contributed by atoms with van der Waals surface area (Å²) in [6.45, 7) is 6.90. The highest BCUT2D eigenvalue weighted by atomic mass is 16.3. The van der Waals surface area contributed by atoms with E-state index in [4.69, 9.17) is 5.11 Å². The molecule has 0 aromatic rings. The summed E-state index contributed by atoms with van der Waals surface area (Å²) in [5.41, 5.74) is 0.227. The van der Waals surface area contributed by atoms with Crippen LogP contribution >= 0.6 is 0 Å². The van der Waals surface area contributed by atoms with E-state index in [2.05, 4.69) is 26.1 Å². The smallest absolute Gasteiger partial charge is 0.0460 e. The first-order valence-electron chi connectivity index (χ1n) is 4.40. The summed E-state index contributed by atoms with van der Waals surface area (Å²) >= 11 is 0. The zero-order chi connectivity index (χ0) is 8.48. The lowest BCUT2D eigenvalue weighted by molar-refractivity contribution is 0.112. The van der Waals surface area contributed by atoms with Crippen LogP contribution in [0.25, 0.3) is 0 Å². The lowest BCUT2D eigenvalue weighted by Gasteiger charge is -2.39. The Morgan fingerprint density at radius 3 is 2.27 bits per heavy atom. The minimum atomic E-state index is 0.227. The molecule has 1 fully saturated rings. The van der Waals surface area contributed by atoms with Crippen molar-refractivity contribution in [3.8, 4) is 0 Å². The Morgan fingerprint density at radius 1 is 1.36 bits per heavy atom. The summed E-state index contributed by atoms with van der Waals surface area (Å²) in [6, 6.07) is 0.646. The van der Waals surface area contributed by atoms with Gasteiger partial charge in [0.1, 0.15) is 0 Å². The molecular weight excluding hydrogens is 138 g/mol. The fraction of sp³-hybridized carbons (Fsp3) is 1.00. The second-order valence-electron chi connectivity index (χ2n) is 4.61. The van der Waals surface area contributed by atoms with Crippen LogP contribution in [0, 0.1) is 5.92 Å². The SMILES string of the molecule is CC(C)(C)N[C@H]1C[C@H](CO)C1. The third-order valence-electron chi connectivity index (χ3n) is 2.13. The fourth-order valence-electron chi connectivity index (χ4n) is 1.61. The van der Waals surface area contributed by atoms with Gasteiger partial charge >= 0.3 is 0 Å². The van der Waals surface area contributed by atoms with Crippen molar-refractivity contribution < 1.29 is 5.11 Å². The van der Waals surface area contributed by atoms with E-state index in [0.29, 0.717) is 18.6 Å². The van der Waals surface area contributed by atoms with Crippen molar-refractivity contribution in [2.75, 3.05) is 6.61 Å². The molecule has 0 aliphatic heterocycles. The standard InChI is InChI=1S/C9H19NO/c1-9(2,3)10-8-4-7(5-8)6-11/h7-8,10-11H,4-6H2,1-3H3/t7-,8-. The van der Waals surface area contributed by atoms with Gasteiger partial charge in [0.15, 0.2) is 0 Å². The molecule has 2 heteroatoms. The average molecular weight is 157 g/mol. The quantitative estimate of drug-likeness (QED) is 0.630. The Labute approximate surface area is 69.0 Å². The highest BCUT2D eigenvalue weighted by Gasteiger charge is 2.30. The van der Waals surface area contributed by atoms with Crippen LogP contribution in [-0.4, -0.2) is 23.3 Å². The lowest BCUT2D eigenvalue weighted by Crippen LogP contribution is -2.50. The second kappa shape index (κ2) is 3.11. The molecule has 0 aromatic heterocycles. The van der Waals surface area contributed by atoms with Crippen molar-refractivity contribution in [2.45, 2.75) is 45.2 Å². The molecule has 0 bridgehead atoms. The molecule has 0 amide bonds. The summed E-state index contributed by atoms with van der Waals surface area (Å²) in [5.74, 6) is 0.565. The van der Waals surface area contributed by atoms with Gasteiger partial charge in [-0.05, 0) is 39.5 Å². The lowest BCUT2D eigenvalue weighted by atomic mass is 9.80. The zero-order valence-corrected chi connectivity index (χ0v) is 7.72. The van der Waals surface area contributed by atoms with E-state index in [-0.39, 0.29) is 5.54 Å². The number of nitrogens with one attached hydrogen (secondary N) is 1. The van der Waals surface area contributed by atoms with E-state index in [9.17, 15) is 0 Å². The van der Waals surface area contributed by atoms with Gasteiger partial charge in [0.05, 0.1) is 0 Å². The molecular formula is C9H19NO. The average Bonchev–Trinajstić information content (AvgIpc) is 1.75. The van der Waals surface area contributed by atoms with Crippen molar-refractivity contribution in [1.29, 1.82) is 0 Å². The fourth-order valence-corrected chi connectivity index (χ4v) is 1.61. The Balaban J connectivity index is 2.14. The Hall–Kier alpha value is -0.0800. The predicted octanol–water partition coefficient (Wildman–Crippen LogP) is 1.15. The molecule has 0 aromatic carbocycles. The molecule has 0 saturated heterocycles. The Bertz CT molecular complexity index is 122. The number of rotatable bonds is 2. The topological polar surface area (TPSA) is 32.3 Å². The number of aliphatic hydroxyl groups is 1. The van der Waals surface area contributed by atoms with Gasteiger partial charge in [0, 0.05) is 18.2 Å². The van der Waals surface area contributed by atoms with Crippen LogP contribution < -0.4 is 5.32 Å². The summed E-state index contributed by atoms with van der Waals surface area (Å²) < 4.78 is 0. The van der Waals surface area contributed by atoms with Gasteiger partial charge in [-0.1, -0.05) is 0 Å². The van der Waals surface area contributed by atoms with E-state index in [1.807, 2.05) is 0 Å². The van der Waals surface area contributed by atoms with Crippen LogP contribution in [-0.2, 0) is 0 Å². The van der Waals surface area contributed by atoms with Crippen LogP contribution in [0.5, 0.6) is 0 Å². The Morgan fingerprint density at radius 2 is 1.91 bits per heavy atom. The summed E-state index contributed by atoms with van der Waals surface area (Å²) in [6.07, 6.45) is 2.29. The van der Waals surface area contributed by atoms with Crippen molar-refractivity contribution in [3.63, 3.8) is 0 Å². The molecule has 1 aliphatic carbocycles. The molecule has 1 aliphatic rings. The molecule has 2 N–H and O–H groups in total. The van der Waals surface area contributed by atoms with Gasteiger partial charge in [0.25, 0.3) is 0 Å². The van der Waals surface area contributed by atoms with Crippen LogP contribution in [0.4, 0.5) is 0 Å². The monoisotopic (exact) mass is 157 g/mol. The maximum Gasteiger partial charge on any atom is 0.0460 e. The van der Waals surface area contributed by atoms with Gasteiger partial charge in [-0.2, -0.15) is 0 Å². The first-order valence-corrected chi connectivity index (χ1v) is 4.40. The summed E-state index contributed by atoms with van der Waals surface area (Å²) in [7, 11) is 0. The van der Waals surface area contributed by atoms with Crippen molar-refractivity contribution in [2.24, 2.45) is 5.92 Å². The Kier molecular flexibility index (Phi) is 2.55. The van der Waals surface area contributed by atoms with Gasteiger partial charge in [-0.3, -0.25) is 0 Å². The molecule has 0 heterocycles. The summed E-state index contributed by atoms with van der Waals surface area (Å²) in [4.78, 5) is 0. The minimum absolute atomic E-state index is 0.227. The molecule has 1 saturated carbocycles. The molecule has 1 rings (SSSR count). The molecule has 11 heavy (non-hydrogen) atoms. The molecule has 0 spiro atoms. The van der Waals surface area contributed by atoms with Gasteiger partial charge < -0.3 is 10.4 Å². The van der Waals surface area contributed by atoms with Crippen LogP contribution in [0.15, 0.2) is 0 Å². The predicted molar refractivity (Wildman–Crippen MR) is 46.5 cm³/mol. The van der Waals surface area contributed by atoms with Crippen molar-refractivity contribution in [1.82, 2.24) is 5.32 Å². The van der Waals surface area contributed by atoms with Gasteiger partial charge in [0.2, 0.25) is 0 Å². The largest absolute Gasteiger partial charge is 0.396 e. The zero-order valence-electron chi connectivity index (χ0n) is 7.72. The van der Waals surface area contributed by atoms with Crippen molar-refractivity contribution >= 4 is 0 Å². The number of hydrogen-bond donors (Lipinski definition) is 2. The first-order chi connectivity index (χ1) is 5.01. The van der Waals surface area contributed by atoms with Crippen LogP contribution in [0.1, 0.15) is 33.6 Å². The van der Waals surface area contributed by atoms with Crippen molar-refractivity contribution in [3.05, 3.63) is 0 Å². The number of hydrogen-bond acceptors (Lipinski definition) is 2. The van der Waals surface area contributed by atoms with Crippen LogP contribution in [0.2, 0.25) is 0 Å². The molecule has 0 unspecified atom stereocenters. The van der Waals surface area contributed by atoms with E-state index in [1.165, 1.54) is 0 Å². The normalized spacial score (nSPS) is 31.6. The molecule has 0 atom stereocenters. The van der Waals surface area contributed by atoms with E-state index in [0.717, 1.165) is 12.8 Å².